The lowest BCUT2D eigenvalue weighted by atomic mass is 9.76. The van der Waals surface area contributed by atoms with Crippen molar-refractivity contribution in [2.75, 3.05) is 26.7 Å². The highest BCUT2D eigenvalue weighted by Crippen LogP contribution is 2.43. The lowest BCUT2D eigenvalue weighted by Crippen LogP contribution is -2.42. The van der Waals surface area contributed by atoms with Crippen molar-refractivity contribution < 1.29 is 9.53 Å². The molecule has 1 unspecified atom stereocenters. The number of nitrogens with zero attached hydrogens (tertiary/aromatic N) is 5. The minimum atomic E-state index is -0.294. The summed E-state index contributed by atoms with van der Waals surface area (Å²) in [6.45, 7) is 6.42. The lowest BCUT2D eigenvalue weighted by molar-refractivity contribution is -0.151. The van der Waals surface area contributed by atoms with Gasteiger partial charge in [0.05, 0.1) is 17.3 Å². The molecule has 0 aliphatic carbocycles. The van der Waals surface area contributed by atoms with Gasteiger partial charge in [-0.1, -0.05) is 13.0 Å². The smallest absolute Gasteiger partial charge is 0.312 e. The number of pyridine rings is 1. The number of aromatic nitrogens is 3. The average Bonchev–Trinajstić information content (AvgIpc) is 3.27. The summed E-state index contributed by atoms with van der Waals surface area (Å²) in [6.07, 6.45) is 9.51. The van der Waals surface area contributed by atoms with Crippen molar-refractivity contribution in [3.05, 3.63) is 47.5 Å². The molecular formula is C23H33N5O2. The molecule has 1 atom stereocenters. The van der Waals surface area contributed by atoms with E-state index in [1.54, 1.807) is 0 Å². The summed E-state index contributed by atoms with van der Waals surface area (Å²) in [5.74, 6) is 0.00681. The summed E-state index contributed by atoms with van der Waals surface area (Å²) < 4.78 is 7.66. The van der Waals surface area contributed by atoms with Crippen molar-refractivity contribution in [2.24, 2.45) is 12.5 Å². The number of hydrogen-bond donors (Lipinski definition) is 0. The van der Waals surface area contributed by atoms with Crippen LogP contribution in [-0.2, 0) is 36.1 Å². The van der Waals surface area contributed by atoms with E-state index < -0.39 is 0 Å². The number of rotatable bonds is 7. The maximum atomic E-state index is 12.8. The Morgan fingerprint density at radius 1 is 1.23 bits per heavy atom. The Hall–Kier alpha value is -2.25. The van der Waals surface area contributed by atoms with Crippen LogP contribution in [0.25, 0.3) is 0 Å². The first-order valence-corrected chi connectivity index (χ1v) is 11.0. The fourth-order valence-electron chi connectivity index (χ4n) is 4.74. The molecule has 2 aromatic rings. The van der Waals surface area contributed by atoms with Gasteiger partial charge in [0.15, 0.2) is 0 Å². The fourth-order valence-corrected chi connectivity index (χ4v) is 4.74. The average molecular weight is 412 g/mol. The Morgan fingerprint density at radius 3 is 2.67 bits per heavy atom. The van der Waals surface area contributed by atoms with Crippen LogP contribution >= 0.6 is 0 Å². The van der Waals surface area contributed by atoms with E-state index in [9.17, 15) is 4.79 Å². The first kappa shape index (κ1) is 21.0. The number of hydrogen-bond acceptors (Lipinski definition) is 6. The molecule has 0 radical (unpaired) electrons. The number of piperidine rings is 1. The number of cyclic esters (lactones) is 1. The highest BCUT2D eigenvalue weighted by molar-refractivity contribution is 5.79. The summed E-state index contributed by atoms with van der Waals surface area (Å²) in [5, 5.41) is 4.25. The van der Waals surface area contributed by atoms with E-state index in [0.29, 0.717) is 0 Å². The number of likely N-dealkylation sites (tertiary alicyclic amines) is 1. The summed E-state index contributed by atoms with van der Waals surface area (Å²) in [5.41, 5.74) is 3.24. The van der Waals surface area contributed by atoms with Gasteiger partial charge < -0.3 is 4.74 Å². The minimum Gasteiger partial charge on any atom is -0.461 e. The largest absolute Gasteiger partial charge is 0.461 e. The molecule has 30 heavy (non-hydrogen) atoms. The highest BCUT2D eigenvalue weighted by Gasteiger charge is 2.50. The van der Waals surface area contributed by atoms with Gasteiger partial charge >= 0.3 is 5.97 Å². The summed E-state index contributed by atoms with van der Waals surface area (Å²) >= 11 is 0. The zero-order valence-corrected chi connectivity index (χ0v) is 18.4. The van der Waals surface area contributed by atoms with Crippen molar-refractivity contribution in [1.82, 2.24) is 24.6 Å². The zero-order valence-electron chi connectivity index (χ0n) is 18.4. The van der Waals surface area contributed by atoms with Gasteiger partial charge in [-0.3, -0.25) is 24.3 Å². The zero-order chi connectivity index (χ0) is 21.1. The molecule has 7 nitrogen and oxygen atoms in total. The summed E-state index contributed by atoms with van der Waals surface area (Å²) in [4.78, 5) is 21.9. The van der Waals surface area contributed by atoms with E-state index >= 15 is 0 Å². The van der Waals surface area contributed by atoms with Crippen LogP contribution in [0.15, 0.2) is 30.7 Å². The van der Waals surface area contributed by atoms with Gasteiger partial charge in [0, 0.05) is 51.1 Å². The van der Waals surface area contributed by atoms with Crippen molar-refractivity contribution in [2.45, 2.75) is 51.8 Å². The standard InChI is InChI=1S/C23H33N5O2/c1-4-18-5-6-20(24-12-18)16-26(2)17-21-11-23(22(29)30-21)7-9-28(10-8-23)15-19-13-25-27(3)14-19/h5-6,12-14,21H,4,7-11,15-17H2,1-3H3. The number of esters is 1. The molecule has 2 aliphatic rings. The number of ether oxygens (including phenoxy) is 1. The molecule has 162 valence electrons. The fraction of sp³-hybridized carbons (Fsp3) is 0.609. The van der Waals surface area contributed by atoms with Gasteiger partial charge in [-0.25, -0.2) is 0 Å². The van der Waals surface area contributed by atoms with Gasteiger partial charge in [0.2, 0.25) is 0 Å². The van der Waals surface area contributed by atoms with Crippen molar-refractivity contribution in [1.29, 1.82) is 0 Å². The van der Waals surface area contributed by atoms with Crippen LogP contribution in [0.5, 0.6) is 0 Å². The quantitative estimate of drug-likeness (QED) is 0.652. The third-order valence-corrected chi connectivity index (χ3v) is 6.54. The van der Waals surface area contributed by atoms with Crippen LogP contribution in [0, 0.1) is 5.41 Å². The molecular weight excluding hydrogens is 378 g/mol. The van der Waals surface area contributed by atoms with Crippen LogP contribution in [-0.4, -0.2) is 63.3 Å². The molecule has 0 saturated carbocycles. The van der Waals surface area contributed by atoms with E-state index in [1.807, 2.05) is 24.1 Å². The van der Waals surface area contributed by atoms with E-state index in [-0.39, 0.29) is 17.5 Å². The Labute approximate surface area is 179 Å². The van der Waals surface area contributed by atoms with Crippen LogP contribution in [0.2, 0.25) is 0 Å². The second kappa shape index (κ2) is 8.86. The van der Waals surface area contributed by atoms with Gasteiger partial charge in [-0.05, 0) is 51.0 Å². The number of carbonyl (C=O) groups excluding carboxylic acids is 1. The van der Waals surface area contributed by atoms with E-state index in [4.69, 9.17) is 4.74 Å². The molecule has 2 aromatic heterocycles. The molecule has 0 N–H and O–H groups in total. The van der Waals surface area contributed by atoms with Gasteiger partial charge in [0.25, 0.3) is 0 Å². The normalized spacial score (nSPS) is 21.5. The van der Waals surface area contributed by atoms with Crippen LogP contribution in [0.1, 0.15) is 43.0 Å². The molecule has 0 bridgehead atoms. The second-order valence-electron chi connectivity index (χ2n) is 9.02. The summed E-state index contributed by atoms with van der Waals surface area (Å²) in [6, 6.07) is 4.23. The van der Waals surface area contributed by atoms with Gasteiger partial charge in [-0.2, -0.15) is 5.10 Å². The third-order valence-electron chi connectivity index (χ3n) is 6.54. The number of aryl methyl sites for hydroxylation is 2. The predicted molar refractivity (Wildman–Crippen MR) is 115 cm³/mol. The Balaban J connectivity index is 1.27. The molecule has 4 rings (SSSR count). The molecule has 1 spiro atoms. The molecule has 2 fully saturated rings. The number of carbonyl (C=O) groups is 1. The first-order chi connectivity index (χ1) is 14.5. The first-order valence-electron chi connectivity index (χ1n) is 11.0. The van der Waals surface area contributed by atoms with Crippen LogP contribution in [0.3, 0.4) is 0 Å². The molecule has 4 heterocycles. The molecule has 7 heteroatoms. The maximum Gasteiger partial charge on any atom is 0.312 e. The second-order valence-corrected chi connectivity index (χ2v) is 9.02. The van der Waals surface area contributed by atoms with Crippen LogP contribution in [0.4, 0.5) is 0 Å². The van der Waals surface area contributed by atoms with Crippen molar-refractivity contribution >= 4 is 5.97 Å². The topological polar surface area (TPSA) is 63.5 Å². The number of likely N-dealkylation sites (N-methyl/N-ethyl adjacent to an activating group) is 1. The lowest BCUT2D eigenvalue weighted by Gasteiger charge is -2.36. The summed E-state index contributed by atoms with van der Waals surface area (Å²) in [7, 11) is 4.02. The Morgan fingerprint density at radius 2 is 2.03 bits per heavy atom. The van der Waals surface area contributed by atoms with Crippen molar-refractivity contribution in [3.63, 3.8) is 0 Å². The molecule has 2 saturated heterocycles. The van der Waals surface area contributed by atoms with E-state index in [2.05, 4.69) is 52.2 Å². The molecule has 0 aromatic carbocycles. The SMILES string of the molecule is CCc1ccc(CN(C)CC2CC3(CCN(Cc4cnn(C)c4)CC3)C(=O)O2)nc1. The Kier molecular flexibility index (Phi) is 6.20. The van der Waals surface area contributed by atoms with E-state index in [0.717, 1.165) is 64.1 Å². The monoisotopic (exact) mass is 411 g/mol. The van der Waals surface area contributed by atoms with Gasteiger partial charge in [-0.15, -0.1) is 0 Å². The molecule has 2 aliphatic heterocycles. The third kappa shape index (κ3) is 4.73. The van der Waals surface area contributed by atoms with Crippen LogP contribution < -0.4 is 0 Å². The predicted octanol–water partition coefficient (Wildman–Crippen LogP) is 2.41. The van der Waals surface area contributed by atoms with Gasteiger partial charge in [0.1, 0.15) is 6.10 Å². The Bertz CT molecular complexity index is 855. The van der Waals surface area contributed by atoms with Crippen molar-refractivity contribution in [3.8, 4) is 0 Å². The minimum absolute atomic E-state index is 0.00681. The molecule has 0 amide bonds. The maximum absolute atomic E-state index is 12.8. The highest BCUT2D eigenvalue weighted by atomic mass is 16.6. The van der Waals surface area contributed by atoms with E-state index in [1.165, 1.54) is 11.1 Å².